The van der Waals surface area contributed by atoms with Crippen LogP contribution in [-0.4, -0.2) is 18.8 Å². The van der Waals surface area contributed by atoms with Crippen molar-refractivity contribution in [3.63, 3.8) is 0 Å². The van der Waals surface area contributed by atoms with Crippen molar-refractivity contribution >= 4 is 0 Å². The maximum atomic E-state index is 9.42. The van der Waals surface area contributed by atoms with Gasteiger partial charge in [0.25, 0.3) is 0 Å². The Hall–Kier alpha value is -1.02. The molecule has 0 unspecified atom stereocenters. The molecule has 0 radical (unpaired) electrons. The monoisotopic (exact) mass is 180 g/mol. The fourth-order valence-corrected chi connectivity index (χ4v) is 1.34. The highest BCUT2D eigenvalue weighted by Crippen LogP contribution is 2.21. The van der Waals surface area contributed by atoms with Crippen molar-refractivity contribution in [3.05, 3.63) is 28.8 Å². The van der Waals surface area contributed by atoms with Crippen LogP contribution in [0.5, 0.6) is 5.75 Å². The van der Waals surface area contributed by atoms with Gasteiger partial charge >= 0.3 is 0 Å². The number of methoxy groups -OCH3 is 1. The smallest absolute Gasteiger partial charge is 0.118 e. The number of benzene rings is 1. The van der Waals surface area contributed by atoms with Crippen molar-refractivity contribution in [2.45, 2.75) is 20.3 Å². The molecule has 0 saturated carbocycles. The van der Waals surface area contributed by atoms with E-state index in [0.29, 0.717) is 5.75 Å². The van der Waals surface area contributed by atoms with Crippen LogP contribution in [0.2, 0.25) is 0 Å². The largest absolute Gasteiger partial charge is 0.508 e. The molecule has 1 N–H and O–H groups in total. The van der Waals surface area contributed by atoms with Gasteiger partial charge in [0.15, 0.2) is 0 Å². The molecule has 0 amide bonds. The zero-order chi connectivity index (χ0) is 9.84. The van der Waals surface area contributed by atoms with Crippen molar-refractivity contribution < 1.29 is 9.84 Å². The first-order valence-electron chi connectivity index (χ1n) is 4.43. The molecule has 13 heavy (non-hydrogen) atoms. The highest BCUT2D eigenvalue weighted by Gasteiger charge is 2.02. The van der Waals surface area contributed by atoms with Gasteiger partial charge in [0.05, 0.1) is 6.61 Å². The lowest BCUT2D eigenvalue weighted by Crippen LogP contribution is -1.97. The Morgan fingerprint density at radius 1 is 1.23 bits per heavy atom. The van der Waals surface area contributed by atoms with Gasteiger partial charge in [0.2, 0.25) is 0 Å². The number of hydrogen-bond donors (Lipinski definition) is 1. The molecule has 0 saturated heterocycles. The Labute approximate surface area is 79.2 Å². The lowest BCUT2D eigenvalue weighted by atomic mass is 10.0. The van der Waals surface area contributed by atoms with Crippen molar-refractivity contribution in [2.24, 2.45) is 0 Å². The van der Waals surface area contributed by atoms with Crippen molar-refractivity contribution in [1.82, 2.24) is 0 Å². The molecule has 2 heteroatoms. The summed E-state index contributed by atoms with van der Waals surface area (Å²) in [4.78, 5) is 0. The number of ether oxygens (including phenoxy) is 1. The van der Waals surface area contributed by atoms with Gasteiger partial charge in [-0.25, -0.2) is 0 Å². The van der Waals surface area contributed by atoms with E-state index in [1.165, 1.54) is 5.56 Å². The molecule has 0 bridgehead atoms. The Kier molecular flexibility index (Phi) is 3.32. The maximum Gasteiger partial charge on any atom is 0.118 e. The zero-order valence-corrected chi connectivity index (χ0v) is 8.42. The Balaban J connectivity index is 2.88. The van der Waals surface area contributed by atoms with Gasteiger partial charge in [-0.2, -0.15) is 0 Å². The molecule has 0 aliphatic heterocycles. The predicted octanol–water partition coefficient (Wildman–Crippen LogP) is 2.20. The second-order valence-electron chi connectivity index (χ2n) is 3.31. The minimum Gasteiger partial charge on any atom is -0.508 e. The molecule has 0 aromatic heterocycles. The van der Waals surface area contributed by atoms with Crippen LogP contribution >= 0.6 is 0 Å². The van der Waals surface area contributed by atoms with Crippen LogP contribution < -0.4 is 0 Å². The summed E-state index contributed by atoms with van der Waals surface area (Å²) in [6.07, 6.45) is 0.906. The quantitative estimate of drug-likeness (QED) is 0.772. The Morgan fingerprint density at radius 3 is 2.54 bits per heavy atom. The Morgan fingerprint density at radius 2 is 1.92 bits per heavy atom. The van der Waals surface area contributed by atoms with Crippen LogP contribution in [0.4, 0.5) is 0 Å². The molecule has 0 fully saturated rings. The lowest BCUT2D eigenvalue weighted by molar-refractivity contribution is 0.202. The fraction of sp³-hybridized carbons (Fsp3) is 0.455. The molecule has 1 aromatic carbocycles. The van der Waals surface area contributed by atoms with Gasteiger partial charge in [-0.05, 0) is 43.0 Å². The normalized spacial score (nSPS) is 10.4. The highest BCUT2D eigenvalue weighted by molar-refractivity contribution is 5.40. The van der Waals surface area contributed by atoms with Gasteiger partial charge in [0.1, 0.15) is 5.75 Å². The average Bonchev–Trinajstić information content (AvgIpc) is 2.09. The lowest BCUT2D eigenvalue weighted by Gasteiger charge is -2.08. The first-order valence-corrected chi connectivity index (χ1v) is 4.43. The van der Waals surface area contributed by atoms with Crippen molar-refractivity contribution in [3.8, 4) is 5.75 Å². The van der Waals surface area contributed by atoms with E-state index in [0.717, 1.165) is 24.2 Å². The number of hydrogen-bond acceptors (Lipinski definition) is 2. The van der Waals surface area contributed by atoms with Gasteiger partial charge < -0.3 is 9.84 Å². The van der Waals surface area contributed by atoms with Gasteiger partial charge in [0, 0.05) is 7.11 Å². The zero-order valence-electron chi connectivity index (χ0n) is 8.42. The summed E-state index contributed by atoms with van der Waals surface area (Å²) in [5.74, 6) is 0.374. The number of phenolic OH excluding ortho intramolecular Hbond substituents is 1. The number of aromatic hydroxyl groups is 1. The molecule has 0 aliphatic rings. The molecule has 1 rings (SSSR count). The SMILES string of the molecule is COCCc1cc(C)c(O)cc1C. The maximum absolute atomic E-state index is 9.42. The molecule has 0 aliphatic carbocycles. The van der Waals surface area contributed by atoms with E-state index in [9.17, 15) is 5.11 Å². The summed E-state index contributed by atoms with van der Waals surface area (Å²) in [5.41, 5.74) is 3.30. The molecular weight excluding hydrogens is 164 g/mol. The van der Waals surface area contributed by atoms with Crippen LogP contribution in [0.25, 0.3) is 0 Å². The molecule has 1 aromatic rings. The van der Waals surface area contributed by atoms with Crippen LogP contribution in [0.15, 0.2) is 12.1 Å². The molecule has 0 spiro atoms. The molecule has 72 valence electrons. The van der Waals surface area contributed by atoms with Crippen molar-refractivity contribution in [1.29, 1.82) is 0 Å². The second-order valence-corrected chi connectivity index (χ2v) is 3.31. The Bertz CT molecular complexity index is 292. The number of rotatable bonds is 3. The first-order chi connectivity index (χ1) is 6.15. The third kappa shape index (κ3) is 2.46. The van der Waals surface area contributed by atoms with E-state index in [2.05, 4.69) is 0 Å². The third-order valence-corrected chi connectivity index (χ3v) is 2.23. The van der Waals surface area contributed by atoms with E-state index < -0.39 is 0 Å². The summed E-state index contributed by atoms with van der Waals surface area (Å²) < 4.78 is 5.01. The average molecular weight is 180 g/mol. The van der Waals surface area contributed by atoms with E-state index in [-0.39, 0.29) is 0 Å². The van der Waals surface area contributed by atoms with Gasteiger partial charge in [-0.3, -0.25) is 0 Å². The van der Waals surface area contributed by atoms with Crippen LogP contribution in [0, 0.1) is 13.8 Å². The van der Waals surface area contributed by atoms with Crippen LogP contribution in [0.3, 0.4) is 0 Å². The van der Waals surface area contributed by atoms with E-state index >= 15 is 0 Å². The third-order valence-electron chi connectivity index (χ3n) is 2.23. The minimum atomic E-state index is 0.374. The van der Waals surface area contributed by atoms with E-state index in [1.807, 2.05) is 19.9 Å². The number of phenols is 1. The van der Waals surface area contributed by atoms with E-state index in [4.69, 9.17) is 4.74 Å². The van der Waals surface area contributed by atoms with Crippen LogP contribution in [-0.2, 0) is 11.2 Å². The summed E-state index contributed by atoms with van der Waals surface area (Å²) in [6, 6.07) is 3.82. The van der Waals surface area contributed by atoms with E-state index in [1.54, 1.807) is 13.2 Å². The summed E-state index contributed by atoms with van der Waals surface area (Å²) in [6.45, 7) is 4.64. The minimum absolute atomic E-state index is 0.374. The van der Waals surface area contributed by atoms with Gasteiger partial charge in [-0.15, -0.1) is 0 Å². The molecule has 2 nitrogen and oxygen atoms in total. The molecule has 0 heterocycles. The van der Waals surface area contributed by atoms with Crippen molar-refractivity contribution in [2.75, 3.05) is 13.7 Å². The first kappa shape index (κ1) is 10.1. The number of aryl methyl sites for hydroxylation is 2. The topological polar surface area (TPSA) is 29.5 Å². The molecular formula is C11H16O2. The van der Waals surface area contributed by atoms with Gasteiger partial charge in [-0.1, -0.05) is 6.07 Å². The predicted molar refractivity (Wildman–Crippen MR) is 53.2 cm³/mol. The standard InChI is InChI=1S/C11H16O2/c1-8-7-11(12)9(2)6-10(8)4-5-13-3/h6-7,12H,4-5H2,1-3H3. The highest BCUT2D eigenvalue weighted by atomic mass is 16.5. The van der Waals surface area contributed by atoms with Crippen LogP contribution in [0.1, 0.15) is 16.7 Å². The summed E-state index contributed by atoms with van der Waals surface area (Å²) in [7, 11) is 1.70. The molecule has 0 atom stereocenters. The summed E-state index contributed by atoms with van der Waals surface area (Å²) in [5, 5.41) is 9.42. The second kappa shape index (κ2) is 4.28. The fourth-order valence-electron chi connectivity index (χ4n) is 1.34. The summed E-state index contributed by atoms with van der Waals surface area (Å²) >= 11 is 0.